The fourth-order valence-corrected chi connectivity index (χ4v) is 4.36. The molecule has 0 spiro atoms. The number of benzene rings is 1. The van der Waals surface area contributed by atoms with E-state index in [1.54, 1.807) is 61.1 Å². The summed E-state index contributed by atoms with van der Waals surface area (Å²) in [5.74, 6) is -1.81. The van der Waals surface area contributed by atoms with Crippen molar-refractivity contribution in [3.05, 3.63) is 78.4 Å². The van der Waals surface area contributed by atoms with Gasteiger partial charge in [-0.3, -0.25) is 9.12 Å². The zero-order valence-corrected chi connectivity index (χ0v) is 18.2. The molecule has 0 fully saturated rings. The Morgan fingerprint density at radius 2 is 1.73 bits per heavy atom. The van der Waals surface area contributed by atoms with E-state index in [0.717, 1.165) is 5.56 Å². The summed E-state index contributed by atoms with van der Waals surface area (Å²) in [4.78, 5) is 30.3. The lowest BCUT2D eigenvalue weighted by molar-refractivity contribution is -0.134. The molecule has 4 N–H and O–H groups in total. The van der Waals surface area contributed by atoms with E-state index in [4.69, 9.17) is 21.8 Å². The van der Waals surface area contributed by atoms with Crippen molar-refractivity contribution in [3.8, 4) is 11.4 Å². The van der Waals surface area contributed by atoms with E-state index in [2.05, 4.69) is 19.7 Å². The minimum atomic E-state index is -3.90. The van der Waals surface area contributed by atoms with E-state index in [1.807, 2.05) is 0 Å². The Bertz CT molecular complexity index is 1400. The second kappa shape index (κ2) is 9.97. The Balaban J connectivity index is 0.000000331. The minimum Gasteiger partial charge on any atom is -0.478 e. The van der Waals surface area contributed by atoms with Crippen molar-refractivity contribution in [1.29, 1.82) is 0 Å². The number of pyridine rings is 1. The first-order chi connectivity index (χ1) is 15.7. The lowest BCUT2D eigenvalue weighted by Crippen LogP contribution is -2.15. The number of carboxylic acids is 2. The molecule has 0 aliphatic carbocycles. The van der Waals surface area contributed by atoms with Gasteiger partial charge in [-0.25, -0.2) is 19.6 Å². The number of nitrogens with one attached hydrogen (secondary N) is 2. The van der Waals surface area contributed by atoms with Crippen LogP contribution in [0.4, 0.5) is 5.69 Å². The van der Waals surface area contributed by atoms with Crippen molar-refractivity contribution in [2.75, 3.05) is 4.72 Å². The summed E-state index contributed by atoms with van der Waals surface area (Å²) in [6.07, 6.45) is 6.09. The van der Waals surface area contributed by atoms with Crippen molar-refractivity contribution in [2.45, 2.75) is 5.03 Å². The number of fused-ring (bicyclic) bond motifs is 1. The smallest absolute Gasteiger partial charge is 0.328 e. The minimum absolute atomic E-state index is 0.0779. The van der Waals surface area contributed by atoms with Gasteiger partial charge >= 0.3 is 11.9 Å². The third-order valence-electron chi connectivity index (χ3n) is 3.98. The van der Waals surface area contributed by atoms with Gasteiger partial charge in [0.25, 0.3) is 10.0 Å². The second-order valence-electron chi connectivity index (χ2n) is 6.27. The molecule has 1 aromatic carbocycles. The van der Waals surface area contributed by atoms with Gasteiger partial charge in [-0.05, 0) is 36.4 Å². The highest BCUT2D eigenvalue weighted by Gasteiger charge is 2.24. The lowest BCUT2D eigenvalue weighted by atomic mass is 10.2. The summed E-state index contributed by atoms with van der Waals surface area (Å²) in [5, 5.41) is 15.4. The van der Waals surface area contributed by atoms with Crippen LogP contribution in [0.2, 0.25) is 5.15 Å². The molecule has 3 aromatic heterocycles. The average molecular weight is 490 g/mol. The summed E-state index contributed by atoms with van der Waals surface area (Å²) < 4.78 is 29.4. The number of aromatic amines is 1. The van der Waals surface area contributed by atoms with Gasteiger partial charge in [-0.2, -0.15) is 8.42 Å². The van der Waals surface area contributed by atoms with Crippen molar-refractivity contribution < 1.29 is 28.2 Å². The Labute approximate surface area is 192 Å². The van der Waals surface area contributed by atoms with Crippen molar-refractivity contribution >= 4 is 44.9 Å². The van der Waals surface area contributed by atoms with E-state index >= 15 is 0 Å². The van der Waals surface area contributed by atoms with Crippen LogP contribution in [0.1, 0.15) is 0 Å². The molecule has 0 unspecified atom stereocenters. The van der Waals surface area contributed by atoms with Gasteiger partial charge in [0, 0.05) is 42.0 Å². The van der Waals surface area contributed by atoms with E-state index in [9.17, 15) is 18.0 Å². The van der Waals surface area contributed by atoms with Crippen LogP contribution in [0, 0.1) is 0 Å². The zero-order valence-electron chi connectivity index (χ0n) is 16.6. The molecule has 0 saturated carbocycles. The molecule has 0 aliphatic rings. The number of aliphatic carboxylic acids is 2. The number of imidazole rings is 2. The third kappa shape index (κ3) is 5.96. The van der Waals surface area contributed by atoms with Crippen LogP contribution < -0.4 is 4.72 Å². The Morgan fingerprint density at radius 1 is 1.06 bits per heavy atom. The number of aromatic nitrogens is 4. The van der Waals surface area contributed by atoms with E-state index in [-0.39, 0.29) is 10.2 Å². The van der Waals surface area contributed by atoms with Crippen molar-refractivity contribution in [2.24, 2.45) is 0 Å². The molecule has 4 aromatic rings. The summed E-state index contributed by atoms with van der Waals surface area (Å²) in [6, 6.07) is 12.0. The van der Waals surface area contributed by atoms with Gasteiger partial charge in [0.15, 0.2) is 10.2 Å². The van der Waals surface area contributed by atoms with Crippen LogP contribution in [0.3, 0.4) is 0 Å². The number of anilines is 1. The van der Waals surface area contributed by atoms with Gasteiger partial charge in [-0.15, -0.1) is 0 Å². The number of hydrogen-bond acceptors (Lipinski definition) is 6. The summed E-state index contributed by atoms with van der Waals surface area (Å²) in [7, 11) is -3.90. The average Bonchev–Trinajstić information content (AvgIpc) is 3.40. The van der Waals surface area contributed by atoms with Crippen LogP contribution in [0.25, 0.3) is 17.0 Å². The highest BCUT2D eigenvalue weighted by Crippen LogP contribution is 2.25. The maximum absolute atomic E-state index is 12.7. The fourth-order valence-electron chi connectivity index (χ4n) is 2.65. The number of halogens is 1. The van der Waals surface area contributed by atoms with E-state index in [1.165, 1.54) is 4.40 Å². The number of hydrogen-bond donors (Lipinski definition) is 4. The van der Waals surface area contributed by atoms with Gasteiger partial charge in [0.2, 0.25) is 0 Å². The first-order valence-corrected chi connectivity index (χ1v) is 10.9. The normalized spacial score (nSPS) is 11.2. The molecule has 0 radical (unpaired) electrons. The van der Waals surface area contributed by atoms with Crippen LogP contribution in [-0.4, -0.2) is 49.9 Å². The highest BCUT2D eigenvalue weighted by atomic mass is 35.5. The number of carbonyl (C=O) groups is 2. The van der Waals surface area contributed by atoms with Crippen LogP contribution in [-0.2, 0) is 19.6 Å². The molecular formula is C20H16ClN5O6S. The summed E-state index contributed by atoms with van der Waals surface area (Å²) in [5.41, 5.74) is 1.72. The molecule has 0 aliphatic heterocycles. The lowest BCUT2D eigenvalue weighted by Gasteiger charge is -2.08. The number of nitrogens with zero attached hydrogens (tertiary/aromatic N) is 3. The van der Waals surface area contributed by atoms with E-state index in [0.29, 0.717) is 29.3 Å². The van der Waals surface area contributed by atoms with Gasteiger partial charge in [-0.1, -0.05) is 17.7 Å². The maximum atomic E-state index is 12.7. The first-order valence-electron chi connectivity index (χ1n) is 9.06. The summed E-state index contributed by atoms with van der Waals surface area (Å²) >= 11 is 6.05. The number of H-pyrrole nitrogens is 1. The molecule has 0 amide bonds. The number of carboxylic acid groups (broad SMARTS) is 2. The first kappa shape index (κ1) is 23.5. The predicted molar refractivity (Wildman–Crippen MR) is 119 cm³/mol. The molecule has 0 atom stereocenters. The van der Waals surface area contributed by atoms with E-state index < -0.39 is 22.0 Å². The predicted octanol–water partition coefficient (Wildman–Crippen LogP) is 2.89. The largest absolute Gasteiger partial charge is 0.478 e. The highest BCUT2D eigenvalue weighted by molar-refractivity contribution is 7.92. The zero-order chi connectivity index (χ0) is 24.0. The molecule has 33 heavy (non-hydrogen) atoms. The number of rotatable bonds is 6. The third-order valence-corrected chi connectivity index (χ3v) is 5.76. The quantitative estimate of drug-likeness (QED) is 0.300. The Kier molecular flexibility index (Phi) is 7.10. The van der Waals surface area contributed by atoms with Gasteiger partial charge in [0.05, 0.1) is 0 Å². The monoisotopic (exact) mass is 489 g/mol. The van der Waals surface area contributed by atoms with Crippen LogP contribution in [0.5, 0.6) is 0 Å². The molecule has 3 heterocycles. The van der Waals surface area contributed by atoms with Crippen LogP contribution >= 0.6 is 11.6 Å². The fraction of sp³-hybridized carbons (Fsp3) is 0. The maximum Gasteiger partial charge on any atom is 0.328 e. The molecule has 170 valence electrons. The Morgan fingerprint density at radius 3 is 2.30 bits per heavy atom. The standard InChI is InChI=1S/C16H12ClN5O2S.C4H4O4/c17-14-16(22-10-2-1-3-13(22)20-14)25(23,24)21-12-6-4-11(5-7-12)15-18-8-9-19-15;5-3(6)1-2-4(7)8/h1-10,21H,(H,18,19);1-2H,(H,5,6)(H,7,8)/b;2-1+. The SMILES string of the molecule is O=C(O)/C=C/C(=O)O.O=S(=O)(Nc1ccc(-c2ncc[nH]2)cc1)c1c(Cl)nc2ccccn12. The molecule has 4 rings (SSSR count). The topological polar surface area (TPSA) is 167 Å². The van der Waals surface area contributed by atoms with Crippen molar-refractivity contribution in [1.82, 2.24) is 19.4 Å². The van der Waals surface area contributed by atoms with Gasteiger partial charge < -0.3 is 15.2 Å². The van der Waals surface area contributed by atoms with Gasteiger partial charge in [0.1, 0.15) is 11.5 Å². The second-order valence-corrected chi connectivity index (χ2v) is 8.22. The molecule has 0 bridgehead atoms. The molecular weight excluding hydrogens is 474 g/mol. The molecule has 11 nitrogen and oxygen atoms in total. The Hall–Kier alpha value is -4.16. The summed E-state index contributed by atoms with van der Waals surface area (Å²) in [6.45, 7) is 0. The molecule has 13 heteroatoms. The molecule has 0 saturated heterocycles. The number of sulfonamides is 1. The van der Waals surface area contributed by atoms with Crippen molar-refractivity contribution in [3.63, 3.8) is 0 Å². The van der Waals surface area contributed by atoms with Crippen LogP contribution in [0.15, 0.2) is 78.2 Å².